The quantitative estimate of drug-likeness (QED) is 0.554. The minimum absolute atomic E-state index is 0.142. The van der Waals surface area contributed by atoms with Gasteiger partial charge in [0.05, 0.1) is 24.7 Å². The van der Waals surface area contributed by atoms with E-state index in [0.29, 0.717) is 0 Å². The molecule has 3 rings (SSSR count). The molecule has 2 aliphatic rings. The summed E-state index contributed by atoms with van der Waals surface area (Å²) in [6.07, 6.45) is -6.72. The van der Waals surface area contributed by atoms with Crippen LogP contribution in [0, 0.1) is 17.6 Å². The van der Waals surface area contributed by atoms with Gasteiger partial charge in [0.25, 0.3) is 0 Å². The summed E-state index contributed by atoms with van der Waals surface area (Å²) in [7, 11) is 0. The molecule has 0 bridgehead atoms. The average Bonchev–Trinajstić information content (AvgIpc) is 3.11. The van der Waals surface area contributed by atoms with E-state index in [1.807, 2.05) is 0 Å². The molecule has 0 saturated carbocycles. The highest BCUT2D eigenvalue weighted by molar-refractivity contribution is 6.31. The van der Waals surface area contributed by atoms with E-state index in [0.717, 1.165) is 12.1 Å². The zero-order chi connectivity index (χ0) is 21.3. The first-order valence-electron chi connectivity index (χ1n) is 8.63. The molecule has 0 aromatic heterocycles. The number of alkyl halides is 3. The molecule has 0 unspecified atom stereocenters. The Morgan fingerprint density at radius 1 is 1.24 bits per heavy atom. The summed E-state index contributed by atoms with van der Waals surface area (Å²) < 4.78 is 76.6. The minimum atomic E-state index is -4.44. The van der Waals surface area contributed by atoms with Gasteiger partial charge in [-0.15, -0.1) is 0 Å². The van der Waals surface area contributed by atoms with Crippen molar-refractivity contribution in [1.29, 1.82) is 0 Å². The maximum absolute atomic E-state index is 14.6. The van der Waals surface area contributed by atoms with Gasteiger partial charge in [-0.2, -0.15) is 13.2 Å². The predicted octanol–water partition coefficient (Wildman–Crippen LogP) is 3.24. The molecular weight excluding hydrogens is 427 g/mol. The first kappa shape index (κ1) is 21.6. The number of carbonyl (C=O) groups is 2. The van der Waals surface area contributed by atoms with Gasteiger partial charge in [-0.05, 0) is 18.9 Å². The summed E-state index contributed by atoms with van der Waals surface area (Å²) in [5.41, 5.74) is -0.245. The molecule has 160 valence electrons. The smallest absolute Gasteiger partial charge is 0.407 e. The zero-order valence-corrected chi connectivity index (χ0v) is 15.4. The van der Waals surface area contributed by atoms with E-state index >= 15 is 0 Å². The highest BCUT2D eigenvalue weighted by atomic mass is 35.5. The summed E-state index contributed by atoms with van der Waals surface area (Å²) in [6, 6.07) is -0.422. The SMILES string of the molecule is O=C1N[C@H](C(=O)N[C@H](c2ccc(F)c(Cl)c2F)[C@H]2CC[C@H](C(F)(F)F)CO2)CO1. The Balaban J connectivity index is 1.83. The van der Waals surface area contributed by atoms with Crippen molar-refractivity contribution in [2.45, 2.75) is 37.2 Å². The standard InChI is InChI=1S/C17H16ClF5N2O4/c18-12-9(19)3-2-8(13(12)20)14(25-15(26)10-6-29-16(27)24-10)11-4-1-7(5-28-11)17(21,22)23/h2-3,7,10-11,14H,1,4-6H2,(H,24,27)(H,25,26)/t7-,10-,11+,14+/m0/s1. The molecule has 0 aliphatic carbocycles. The molecule has 29 heavy (non-hydrogen) atoms. The van der Waals surface area contributed by atoms with Crippen molar-refractivity contribution in [3.05, 3.63) is 34.4 Å². The molecule has 2 aliphatic heterocycles. The molecule has 2 heterocycles. The number of hydrogen-bond acceptors (Lipinski definition) is 4. The van der Waals surface area contributed by atoms with Crippen LogP contribution in [0.5, 0.6) is 0 Å². The Kier molecular flexibility index (Phi) is 6.18. The summed E-state index contributed by atoms with van der Waals surface area (Å²) in [4.78, 5) is 23.6. The Hall–Kier alpha value is -2.14. The van der Waals surface area contributed by atoms with Crippen molar-refractivity contribution in [3.63, 3.8) is 0 Å². The van der Waals surface area contributed by atoms with Crippen molar-refractivity contribution in [2.75, 3.05) is 13.2 Å². The topological polar surface area (TPSA) is 76.7 Å². The van der Waals surface area contributed by atoms with E-state index in [1.54, 1.807) is 0 Å². The highest BCUT2D eigenvalue weighted by Gasteiger charge is 2.44. The minimum Gasteiger partial charge on any atom is -0.447 e. The number of ether oxygens (including phenoxy) is 2. The average molecular weight is 443 g/mol. The number of halogens is 6. The maximum Gasteiger partial charge on any atom is 0.407 e. The van der Waals surface area contributed by atoms with Crippen LogP contribution in [0.15, 0.2) is 12.1 Å². The first-order valence-corrected chi connectivity index (χ1v) is 9.01. The number of rotatable bonds is 4. The molecule has 0 radical (unpaired) electrons. The Labute approximate surface area is 166 Å². The van der Waals surface area contributed by atoms with Crippen molar-refractivity contribution in [2.24, 2.45) is 5.92 Å². The molecule has 0 spiro atoms. The number of carbonyl (C=O) groups excluding carboxylic acids is 2. The molecule has 2 saturated heterocycles. The van der Waals surface area contributed by atoms with Gasteiger partial charge in [-0.3, -0.25) is 4.79 Å². The van der Waals surface area contributed by atoms with Crippen LogP contribution in [-0.2, 0) is 14.3 Å². The fourth-order valence-electron chi connectivity index (χ4n) is 3.22. The molecule has 2 amide bonds. The van der Waals surface area contributed by atoms with Crippen LogP contribution < -0.4 is 10.6 Å². The summed E-state index contributed by atoms with van der Waals surface area (Å²) in [5.74, 6) is -4.64. The highest BCUT2D eigenvalue weighted by Crippen LogP contribution is 2.38. The number of hydrogen-bond donors (Lipinski definition) is 2. The Morgan fingerprint density at radius 3 is 2.52 bits per heavy atom. The van der Waals surface area contributed by atoms with E-state index in [-0.39, 0.29) is 25.0 Å². The van der Waals surface area contributed by atoms with Crippen LogP contribution in [0.2, 0.25) is 5.02 Å². The van der Waals surface area contributed by atoms with Gasteiger partial charge in [0.1, 0.15) is 29.3 Å². The van der Waals surface area contributed by atoms with Crippen LogP contribution in [0.1, 0.15) is 24.4 Å². The van der Waals surface area contributed by atoms with Crippen molar-refractivity contribution >= 4 is 23.6 Å². The van der Waals surface area contributed by atoms with Gasteiger partial charge < -0.3 is 20.1 Å². The lowest BCUT2D eigenvalue weighted by molar-refractivity contribution is -0.210. The molecule has 2 fully saturated rings. The number of cyclic esters (lactones) is 1. The number of nitrogens with one attached hydrogen (secondary N) is 2. The normalized spacial score (nSPS) is 25.9. The lowest BCUT2D eigenvalue weighted by Gasteiger charge is -2.35. The molecule has 1 aromatic rings. The summed E-state index contributed by atoms with van der Waals surface area (Å²) in [6.45, 7) is -0.938. The third-order valence-corrected chi connectivity index (χ3v) is 5.18. The molecular formula is C17H16ClF5N2O4. The second kappa shape index (κ2) is 8.31. The van der Waals surface area contributed by atoms with Gasteiger partial charge in [0, 0.05) is 5.56 Å². The second-order valence-electron chi connectivity index (χ2n) is 6.73. The number of benzene rings is 1. The van der Waals surface area contributed by atoms with Crippen LogP contribution in [0.25, 0.3) is 0 Å². The van der Waals surface area contributed by atoms with Gasteiger partial charge in [-0.25, -0.2) is 13.6 Å². The van der Waals surface area contributed by atoms with Crippen molar-refractivity contribution in [1.82, 2.24) is 10.6 Å². The fourth-order valence-corrected chi connectivity index (χ4v) is 3.40. The monoisotopic (exact) mass is 442 g/mol. The van der Waals surface area contributed by atoms with E-state index in [1.165, 1.54) is 0 Å². The lowest BCUT2D eigenvalue weighted by Crippen LogP contribution is -2.49. The first-order chi connectivity index (χ1) is 13.6. The zero-order valence-electron chi connectivity index (χ0n) is 14.7. The molecule has 12 heteroatoms. The lowest BCUT2D eigenvalue weighted by atomic mass is 9.90. The third kappa shape index (κ3) is 4.72. The fraction of sp³-hybridized carbons (Fsp3) is 0.529. The van der Waals surface area contributed by atoms with Crippen LogP contribution in [-0.4, -0.2) is 43.5 Å². The largest absolute Gasteiger partial charge is 0.447 e. The van der Waals surface area contributed by atoms with Gasteiger partial charge in [0.15, 0.2) is 0 Å². The van der Waals surface area contributed by atoms with Crippen LogP contribution in [0.3, 0.4) is 0 Å². The Morgan fingerprint density at radius 2 is 1.97 bits per heavy atom. The van der Waals surface area contributed by atoms with E-state index < -0.39 is 65.5 Å². The second-order valence-corrected chi connectivity index (χ2v) is 7.11. The van der Waals surface area contributed by atoms with Crippen molar-refractivity contribution < 1.29 is 41.0 Å². The number of amides is 2. The molecule has 6 nitrogen and oxygen atoms in total. The van der Waals surface area contributed by atoms with Crippen molar-refractivity contribution in [3.8, 4) is 0 Å². The van der Waals surface area contributed by atoms with E-state index in [9.17, 15) is 31.5 Å². The summed E-state index contributed by atoms with van der Waals surface area (Å²) >= 11 is 5.60. The van der Waals surface area contributed by atoms with E-state index in [2.05, 4.69) is 15.4 Å². The van der Waals surface area contributed by atoms with E-state index in [4.69, 9.17) is 16.3 Å². The van der Waals surface area contributed by atoms with Gasteiger partial charge in [0.2, 0.25) is 5.91 Å². The summed E-state index contributed by atoms with van der Waals surface area (Å²) in [5, 5.41) is 3.86. The number of alkyl carbamates (subject to hydrolysis) is 1. The Bertz CT molecular complexity index is 799. The predicted molar refractivity (Wildman–Crippen MR) is 89.0 cm³/mol. The third-order valence-electron chi connectivity index (χ3n) is 4.83. The van der Waals surface area contributed by atoms with Crippen LogP contribution >= 0.6 is 11.6 Å². The molecule has 2 N–H and O–H groups in total. The molecule has 4 atom stereocenters. The molecule has 1 aromatic carbocycles. The van der Waals surface area contributed by atoms with Crippen LogP contribution in [0.4, 0.5) is 26.7 Å². The maximum atomic E-state index is 14.6. The van der Waals surface area contributed by atoms with Gasteiger partial charge >= 0.3 is 12.3 Å². The van der Waals surface area contributed by atoms with Gasteiger partial charge in [-0.1, -0.05) is 17.7 Å².